The number of rotatable bonds is 4. The van der Waals surface area contributed by atoms with Crippen molar-refractivity contribution in [2.45, 2.75) is 38.3 Å². The highest BCUT2D eigenvalue weighted by Crippen LogP contribution is 2.42. The summed E-state index contributed by atoms with van der Waals surface area (Å²) in [6.45, 7) is 3.38. The summed E-state index contributed by atoms with van der Waals surface area (Å²) < 4.78 is 27.2. The number of alkyl halides is 1. The van der Waals surface area contributed by atoms with Gasteiger partial charge in [0.1, 0.15) is 0 Å². The predicted molar refractivity (Wildman–Crippen MR) is 76.0 cm³/mol. The lowest BCUT2D eigenvalue weighted by molar-refractivity contribution is -0.0565. The molecule has 3 heterocycles. The van der Waals surface area contributed by atoms with E-state index in [1.165, 1.54) is 17.8 Å². The average molecular weight is 311 g/mol. The number of nitrogens with zero attached hydrogens (tertiary/aromatic N) is 4. The number of nitrogen functional groups attached to an aromatic ring is 1. The SMILES string of the molecule is CCOc1nc(N)nc2c1ncn2[C@@H]1OC(CO)C[C@@]1(C)F. The largest absolute Gasteiger partial charge is 0.476 e. The number of aromatic nitrogens is 4. The molecule has 1 fully saturated rings. The first-order valence-electron chi connectivity index (χ1n) is 7.04. The number of nitrogens with two attached hydrogens (primary N) is 1. The van der Waals surface area contributed by atoms with E-state index in [1.54, 1.807) is 0 Å². The molecule has 1 unspecified atom stereocenters. The van der Waals surface area contributed by atoms with Crippen LogP contribution in [-0.4, -0.2) is 49.6 Å². The molecule has 3 N–H and O–H groups in total. The number of ether oxygens (including phenoxy) is 2. The Bertz CT molecular complexity index is 690. The van der Waals surface area contributed by atoms with E-state index >= 15 is 0 Å². The van der Waals surface area contributed by atoms with Crippen molar-refractivity contribution in [2.75, 3.05) is 18.9 Å². The van der Waals surface area contributed by atoms with Gasteiger partial charge in [-0.15, -0.1) is 0 Å². The topological polar surface area (TPSA) is 108 Å². The Morgan fingerprint density at radius 3 is 3.00 bits per heavy atom. The number of aliphatic hydroxyl groups is 1. The van der Waals surface area contributed by atoms with Crippen molar-refractivity contribution in [3.05, 3.63) is 6.33 Å². The fraction of sp³-hybridized carbons (Fsp3) is 0.615. The zero-order valence-corrected chi connectivity index (χ0v) is 12.4. The normalized spacial score (nSPS) is 28.4. The maximum Gasteiger partial charge on any atom is 0.247 e. The Hall–Kier alpha value is -2.00. The molecule has 0 saturated carbocycles. The van der Waals surface area contributed by atoms with E-state index in [0.29, 0.717) is 17.8 Å². The van der Waals surface area contributed by atoms with Gasteiger partial charge in [0.05, 0.1) is 25.6 Å². The van der Waals surface area contributed by atoms with E-state index < -0.39 is 18.0 Å². The molecule has 2 aromatic heterocycles. The minimum absolute atomic E-state index is 0.00923. The molecule has 2 aromatic rings. The van der Waals surface area contributed by atoms with Gasteiger partial charge in [0.15, 0.2) is 23.1 Å². The second kappa shape index (κ2) is 5.33. The molecular formula is C13H18FN5O3. The lowest BCUT2D eigenvalue weighted by atomic mass is 10.0. The van der Waals surface area contributed by atoms with E-state index in [2.05, 4.69) is 15.0 Å². The minimum atomic E-state index is -1.66. The summed E-state index contributed by atoms with van der Waals surface area (Å²) in [5, 5.41) is 9.20. The van der Waals surface area contributed by atoms with Gasteiger partial charge in [-0.3, -0.25) is 4.57 Å². The van der Waals surface area contributed by atoms with Gasteiger partial charge in [0, 0.05) is 6.42 Å². The van der Waals surface area contributed by atoms with Gasteiger partial charge >= 0.3 is 0 Å². The summed E-state index contributed by atoms with van der Waals surface area (Å²) >= 11 is 0. The van der Waals surface area contributed by atoms with E-state index in [0.717, 1.165) is 0 Å². The van der Waals surface area contributed by atoms with Crippen LogP contribution in [0.25, 0.3) is 11.2 Å². The molecule has 0 amide bonds. The molecule has 22 heavy (non-hydrogen) atoms. The van der Waals surface area contributed by atoms with E-state index in [4.69, 9.17) is 15.2 Å². The molecule has 120 valence electrons. The fourth-order valence-electron chi connectivity index (χ4n) is 2.70. The maximum atomic E-state index is 14.8. The second-order valence-corrected chi connectivity index (χ2v) is 5.42. The number of hydrogen-bond donors (Lipinski definition) is 2. The zero-order chi connectivity index (χ0) is 15.9. The minimum Gasteiger partial charge on any atom is -0.476 e. The van der Waals surface area contributed by atoms with Crippen molar-refractivity contribution in [1.82, 2.24) is 19.5 Å². The molecule has 0 bridgehead atoms. The van der Waals surface area contributed by atoms with Gasteiger partial charge in [-0.1, -0.05) is 0 Å². The van der Waals surface area contributed by atoms with Gasteiger partial charge in [-0.05, 0) is 13.8 Å². The molecule has 0 aliphatic carbocycles. The summed E-state index contributed by atoms with van der Waals surface area (Å²) in [6, 6.07) is 0. The second-order valence-electron chi connectivity index (χ2n) is 5.42. The molecule has 1 aliphatic rings. The smallest absolute Gasteiger partial charge is 0.247 e. The maximum absolute atomic E-state index is 14.8. The molecule has 3 rings (SSSR count). The molecule has 0 radical (unpaired) electrons. The van der Waals surface area contributed by atoms with Crippen molar-refractivity contribution in [2.24, 2.45) is 0 Å². The van der Waals surface area contributed by atoms with Gasteiger partial charge in [-0.25, -0.2) is 9.37 Å². The Labute approximate surface area is 126 Å². The van der Waals surface area contributed by atoms with Crippen molar-refractivity contribution in [3.8, 4) is 5.88 Å². The Morgan fingerprint density at radius 2 is 2.36 bits per heavy atom. The van der Waals surface area contributed by atoms with Gasteiger partial charge in [0.25, 0.3) is 0 Å². The Kier molecular flexibility index (Phi) is 3.61. The predicted octanol–water partition coefficient (Wildman–Crippen LogP) is 0.815. The monoisotopic (exact) mass is 311 g/mol. The van der Waals surface area contributed by atoms with Crippen LogP contribution in [0, 0.1) is 0 Å². The quantitative estimate of drug-likeness (QED) is 0.860. The summed E-state index contributed by atoms with van der Waals surface area (Å²) in [4.78, 5) is 12.3. The number of fused-ring (bicyclic) bond motifs is 1. The van der Waals surface area contributed by atoms with Crippen LogP contribution in [-0.2, 0) is 4.74 Å². The molecule has 9 heteroatoms. The molecule has 3 atom stereocenters. The Balaban J connectivity index is 2.08. The number of imidazole rings is 1. The summed E-state index contributed by atoms with van der Waals surface area (Å²) in [6.07, 6.45) is -0.00237. The van der Waals surface area contributed by atoms with Crippen molar-refractivity contribution in [3.63, 3.8) is 0 Å². The van der Waals surface area contributed by atoms with Crippen LogP contribution in [0.4, 0.5) is 10.3 Å². The fourth-order valence-corrected chi connectivity index (χ4v) is 2.70. The zero-order valence-electron chi connectivity index (χ0n) is 12.4. The average Bonchev–Trinajstić information content (AvgIpc) is 2.99. The van der Waals surface area contributed by atoms with Crippen LogP contribution < -0.4 is 10.5 Å². The summed E-state index contributed by atoms with van der Waals surface area (Å²) in [7, 11) is 0. The molecule has 0 aromatic carbocycles. The van der Waals surface area contributed by atoms with E-state index in [-0.39, 0.29) is 24.9 Å². The number of halogens is 1. The van der Waals surface area contributed by atoms with Crippen LogP contribution in [0.15, 0.2) is 6.33 Å². The van der Waals surface area contributed by atoms with Crippen LogP contribution in [0.3, 0.4) is 0 Å². The third-order valence-corrected chi connectivity index (χ3v) is 3.61. The highest BCUT2D eigenvalue weighted by atomic mass is 19.1. The lowest BCUT2D eigenvalue weighted by Crippen LogP contribution is -2.27. The molecule has 0 spiro atoms. The molecular weight excluding hydrogens is 293 g/mol. The van der Waals surface area contributed by atoms with Crippen molar-refractivity contribution in [1.29, 1.82) is 0 Å². The number of aliphatic hydroxyl groups excluding tert-OH is 1. The Morgan fingerprint density at radius 1 is 1.59 bits per heavy atom. The standard InChI is InChI=1S/C13H18FN5O3/c1-3-21-10-8-9(17-12(15)18-10)19(6-16-8)11-13(2,14)4-7(5-20)22-11/h6-7,11,20H,3-5H2,1-2H3,(H2,15,17,18)/t7?,11-,13-/m1/s1. The van der Waals surface area contributed by atoms with Crippen LogP contribution >= 0.6 is 0 Å². The first-order valence-corrected chi connectivity index (χ1v) is 7.04. The van der Waals surface area contributed by atoms with Crippen molar-refractivity contribution < 1.29 is 19.0 Å². The first kappa shape index (κ1) is 14.9. The highest BCUT2D eigenvalue weighted by molar-refractivity contribution is 5.77. The highest BCUT2D eigenvalue weighted by Gasteiger charge is 2.47. The van der Waals surface area contributed by atoms with Gasteiger partial charge in [-0.2, -0.15) is 9.97 Å². The van der Waals surface area contributed by atoms with Gasteiger partial charge in [0.2, 0.25) is 11.8 Å². The third kappa shape index (κ3) is 2.35. The first-order chi connectivity index (χ1) is 10.5. The number of hydrogen-bond acceptors (Lipinski definition) is 7. The van der Waals surface area contributed by atoms with Crippen molar-refractivity contribution >= 4 is 17.1 Å². The summed E-state index contributed by atoms with van der Waals surface area (Å²) in [5.41, 5.74) is 4.75. The van der Waals surface area contributed by atoms with E-state index in [1.807, 2.05) is 6.92 Å². The molecule has 1 aliphatic heterocycles. The lowest BCUT2D eigenvalue weighted by Gasteiger charge is -2.22. The molecule has 8 nitrogen and oxygen atoms in total. The van der Waals surface area contributed by atoms with Gasteiger partial charge < -0.3 is 20.3 Å². The van der Waals surface area contributed by atoms with Crippen LogP contribution in [0.5, 0.6) is 5.88 Å². The van der Waals surface area contributed by atoms with Crippen LogP contribution in [0.2, 0.25) is 0 Å². The van der Waals surface area contributed by atoms with E-state index in [9.17, 15) is 9.50 Å². The molecule has 1 saturated heterocycles. The van der Waals surface area contributed by atoms with Crippen LogP contribution in [0.1, 0.15) is 26.5 Å². The summed E-state index contributed by atoms with van der Waals surface area (Å²) in [5.74, 6) is 0.260. The third-order valence-electron chi connectivity index (χ3n) is 3.61. The number of anilines is 1.